The molecule has 0 aliphatic heterocycles. The molecule has 5 heteroatoms. The van der Waals surface area contributed by atoms with Crippen molar-refractivity contribution in [2.75, 3.05) is 5.32 Å². The molecular formula is C20H17N5. The van der Waals surface area contributed by atoms with E-state index in [-0.39, 0.29) is 6.04 Å². The first-order chi connectivity index (χ1) is 12.4. The molecule has 0 aliphatic carbocycles. The molecule has 122 valence electrons. The lowest BCUT2D eigenvalue weighted by molar-refractivity contribution is 0.887. The lowest BCUT2D eigenvalue weighted by atomic mass is 10.0. The molecule has 0 fully saturated rings. The Kier molecular flexibility index (Phi) is 4.20. The van der Waals surface area contributed by atoms with Gasteiger partial charge in [-0.2, -0.15) is 5.10 Å². The Morgan fingerprint density at radius 2 is 1.72 bits per heavy atom. The average Bonchev–Trinajstić information content (AvgIpc) is 3.23. The van der Waals surface area contributed by atoms with Crippen molar-refractivity contribution in [2.45, 2.75) is 6.04 Å². The summed E-state index contributed by atoms with van der Waals surface area (Å²) in [6.45, 7) is 0. The molecule has 1 atom stereocenters. The number of nitrogens with zero attached hydrogens (tertiary/aromatic N) is 3. The van der Waals surface area contributed by atoms with E-state index < -0.39 is 0 Å². The Morgan fingerprint density at radius 3 is 2.48 bits per heavy atom. The van der Waals surface area contributed by atoms with Crippen molar-refractivity contribution in [3.05, 3.63) is 96.6 Å². The minimum Gasteiger partial charge on any atom is -0.373 e. The van der Waals surface area contributed by atoms with Crippen LogP contribution in [0, 0.1) is 0 Å². The molecule has 25 heavy (non-hydrogen) atoms. The van der Waals surface area contributed by atoms with Gasteiger partial charge in [0.2, 0.25) is 0 Å². The average molecular weight is 327 g/mol. The van der Waals surface area contributed by atoms with E-state index in [0.717, 1.165) is 28.3 Å². The van der Waals surface area contributed by atoms with Crippen LogP contribution in [0.4, 0.5) is 5.69 Å². The Hall–Kier alpha value is -3.47. The number of aromatic nitrogens is 4. The monoisotopic (exact) mass is 327 g/mol. The molecule has 0 aliphatic rings. The number of pyridine rings is 1. The van der Waals surface area contributed by atoms with E-state index >= 15 is 0 Å². The zero-order valence-corrected chi connectivity index (χ0v) is 13.5. The third-order valence-corrected chi connectivity index (χ3v) is 3.98. The third kappa shape index (κ3) is 3.40. The highest BCUT2D eigenvalue weighted by atomic mass is 15.2. The van der Waals surface area contributed by atoms with E-state index in [1.807, 2.05) is 60.8 Å². The summed E-state index contributed by atoms with van der Waals surface area (Å²) in [4.78, 5) is 8.75. The van der Waals surface area contributed by atoms with E-state index in [1.54, 1.807) is 0 Å². The van der Waals surface area contributed by atoms with Crippen molar-refractivity contribution in [3.63, 3.8) is 0 Å². The highest BCUT2D eigenvalue weighted by Gasteiger charge is 2.15. The highest BCUT2D eigenvalue weighted by Crippen LogP contribution is 2.27. The van der Waals surface area contributed by atoms with Crippen molar-refractivity contribution in [3.8, 4) is 11.4 Å². The molecule has 0 saturated carbocycles. The number of benzene rings is 2. The van der Waals surface area contributed by atoms with Crippen LogP contribution in [0.25, 0.3) is 11.4 Å². The minimum absolute atomic E-state index is 0.0348. The second-order valence-electron chi connectivity index (χ2n) is 5.66. The number of nitrogens with one attached hydrogen (secondary N) is 2. The van der Waals surface area contributed by atoms with Gasteiger partial charge >= 0.3 is 0 Å². The van der Waals surface area contributed by atoms with Crippen molar-refractivity contribution in [1.82, 2.24) is 20.2 Å². The molecule has 2 aromatic carbocycles. The second kappa shape index (κ2) is 6.97. The SMILES string of the molecule is c1ccc(C(Nc2cccc(-c3ncn[nH]3)c2)c2ccccn2)cc1. The van der Waals surface area contributed by atoms with Gasteiger partial charge in [-0.05, 0) is 29.8 Å². The van der Waals surface area contributed by atoms with Gasteiger partial charge in [0.25, 0.3) is 0 Å². The summed E-state index contributed by atoms with van der Waals surface area (Å²) in [6.07, 6.45) is 3.33. The zero-order valence-electron chi connectivity index (χ0n) is 13.5. The highest BCUT2D eigenvalue weighted by molar-refractivity contribution is 5.62. The van der Waals surface area contributed by atoms with E-state index in [2.05, 4.69) is 43.7 Å². The summed E-state index contributed by atoms with van der Waals surface area (Å²) in [5, 5.41) is 10.4. The molecule has 2 aromatic heterocycles. The first kappa shape index (κ1) is 15.1. The molecule has 2 heterocycles. The summed E-state index contributed by atoms with van der Waals surface area (Å²) in [5.41, 5.74) is 4.11. The molecule has 4 rings (SSSR count). The van der Waals surface area contributed by atoms with E-state index in [9.17, 15) is 0 Å². The fourth-order valence-electron chi connectivity index (χ4n) is 2.79. The number of hydrogen-bond donors (Lipinski definition) is 2. The molecule has 2 N–H and O–H groups in total. The van der Waals surface area contributed by atoms with Crippen LogP contribution in [-0.4, -0.2) is 20.2 Å². The molecule has 0 radical (unpaired) electrons. The topological polar surface area (TPSA) is 66.5 Å². The molecule has 0 bridgehead atoms. The second-order valence-corrected chi connectivity index (χ2v) is 5.66. The van der Waals surface area contributed by atoms with Crippen LogP contribution in [0.5, 0.6) is 0 Å². The molecule has 1 unspecified atom stereocenters. The van der Waals surface area contributed by atoms with Gasteiger partial charge in [-0.15, -0.1) is 0 Å². The molecule has 0 spiro atoms. The van der Waals surface area contributed by atoms with Gasteiger partial charge in [-0.25, -0.2) is 4.98 Å². The van der Waals surface area contributed by atoms with Crippen LogP contribution < -0.4 is 5.32 Å². The maximum atomic E-state index is 4.53. The Bertz CT molecular complexity index is 881. The molecular weight excluding hydrogens is 310 g/mol. The summed E-state index contributed by atoms with van der Waals surface area (Å²) >= 11 is 0. The fraction of sp³-hybridized carbons (Fsp3) is 0.0500. The van der Waals surface area contributed by atoms with Gasteiger partial charge in [-0.3, -0.25) is 10.1 Å². The van der Waals surface area contributed by atoms with Crippen LogP contribution in [0.2, 0.25) is 0 Å². The smallest absolute Gasteiger partial charge is 0.155 e. The normalized spacial score (nSPS) is 11.8. The number of anilines is 1. The van der Waals surface area contributed by atoms with Gasteiger partial charge in [0.1, 0.15) is 6.33 Å². The summed E-state index contributed by atoms with van der Waals surface area (Å²) in [7, 11) is 0. The number of hydrogen-bond acceptors (Lipinski definition) is 4. The Balaban J connectivity index is 1.69. The first-order valence-corrected chi connectivity index (χ1v) is 8.08. The number of aromatic amines is 1. The maximum absolute atomic E-state index is 4.53. The van der Waals surface area contributed by atoms with Crippen molar-refractivity contribution < 1.29 is 0 Å². The Morgan fingerprint density at radius 1 is 0.840 bits per heavy atom. The van der Waals surface area contributed by atoms with Crippen LogP contribution in [-0.2, 0) is 0 Å². The maximum Gasteiger partial charge on any atom is 0.155 e. The van der Waals surface area contributed by atoms with Crippen LogP contribution in [0.3, 0.4) is 0 Å². The predicted molar refractivity (Wildman–Crippen MR) is 98.0 cm³/mol. The minimum atomic E-state index is -0.0348. The van der Waals surface area contributed by atoms with Crippen molar-refractivity contribution in [2.24, 2.45) is 0 Å². The lowest BCUT2D eigenvalue weighted by Gasteiger charge is -2.20. The standard InChI is InChI=1S/C20H17N5/c1-2-7-15(8-3-1)19(18-11-4-5-12-21-18)24-17-10-6-9-16(13-17)20-22-14-23-25-20/h1-14,19,24H,(H,22,23,25). The third-order valence-electron chi connectivity index (χ3n) is 3.98. The fourth-order valence-corrected chi connectivity index (χ4v) is 2.79. The zero-order chi connectivity index (χ0) is 16.9. The Labute approximate surface area is 145 Å². The predicted octanol–water partition coefficient (Wildman–Crippen LogP) is 4.07. The molecule has 4 aromatic rings. The van der Waals surface area contributed by atoms with Crippen LogP contribution in [0.15, 0.2) is 85.3 Å². The van der Waals surface area contributed by atoms with Crippen molar-refractivity contribution >= 4 is 5.69 Å². The van der Waals surface area contributed by atoms with Gasteiger partial charge in [0, 0.05) is 17.4 Å². The van der Waals surface area contributed by atoms with E-state index in [0.29, 0.717) is 0 Å². The summed E-state index contributed by atoms with van der Waals surface area (Å²) in [6, 6.07) is 24.3. The largest absolute Gasteiger partial charge is 0.373 e. The van der Waals surface area contributed by atoms with Crippen molar-refractivity contribution in [1.29, 1.82) is 0 Å². The lowest BCUT2D eigenvalue weighted by Crippen LogP contribution is -2.13. The van der Waals surface area contributed by atoms with Gasteiger partial charge < -0.3 is 5.32 Å². The van der Waals surface area contributed by atoms with E-state index in [4.69, 9.17) is 0 Å². The van der Waals surface area contributed by atoms with Gasteiger partial charge in [-0.1, -0.05) is 48.5 Å². The van der Waals surface area contributed by atoms with E-state index in [1.165, 1.54) is 6.33 Å². The molecule has 5 nitrogen and oxygen atoms in total. The molecule has 0 saturated heterocycles. The number of rotatable bonds is 5. The van der Waals surface area contributed by atoms with Crippen LogP contribution >= 0.6 is 0 Å². The molecule has 0 amide bonds. The van der Waals surface area contributed by atoms with Crippen LogP contribution in [0.1, 0.15) is 17.3 Å². The number of H-pyrrole nitrogens is 1. The quantitative estimate of drug-likeness (QED) is 0.580. The van der Waals surface area contributed by atoms with Gasteiger partial charge in [0.05, 0.1) is 11.7 Å². The summed E-state index contributed by atoms with van der Waals surface area (Å²) in [5.74, 6) is 0.748. The van der Waals surface area contributed by atoms with Gasteiger partial charge in [0.15, 0.2) is 5.82 Å². The summed E-state index contributed by atoms with van der Waals surface area (Å²) < 4.78 is 0. The first-order valence-electron chi connectivity index (χ1n) is 8.08.